The van der Waals surface area contributed by atoms with Crippen molar-refractivity contribution in [1.82, 2.24) is 5.10 Å². The van der Waals surface area contributed by atoms with Crippen LogP contribution in [0.3, 0.4) is 0 Å². The normalized spacial score (nSPS) is 12.1. The Bertz CT molecular complexity index is 279. The molecule has 0 amide bonds. The van der Waals surface area contributed by atoms with Crippen LogP contribution in [0.2, 0.25) is 0 Å². The van der Waals surface area contributed by atoms with E-state index in [2.05, 4.69) is 5.10 Å². The number of nitrogens with one attached hydrogen (secondary N) is 1. The molecule has 0 unspecified atom stereocenters. The van der Waals surface area contributed by atoms with Gasteiger partial charge in [-0.25, -0.2) is 0 Å². The van der Waals surface area contributed by atoms with Gasteiger partial charge in [-0.15, -0.1) is 0 Å². The van der Waals surface area contributed by atoms with Crippen molar-refractivity contribution in [3.8, 4) is 0 Å². The molecule has 1 aromatic heterocycles. The fourth-order valence-electron chi connectivity index (χ4n) is 0.857. The van der Waals surface area contributed by atoms with Crippen molar-refractivity contribution in [3.05, 3.63) is 17.5 Å². The van der Waals surface area contributed by atoms with E-state index in [0.717, 1.165) is 22.1 Å². The van der Waals surface area contributed by atoms with Crippen molar-refractivity contribution in [2.45, 2.75) is 13.1 Å². The lowest BCUT2D eigenvalue weighted by Gasteiger charge is -1.97. The van der Waals surface area contributed by atoms with Crippen LogP contribution < -0.4 is 4.09 Å². The number of hydrogen-bond acceptors (Lipinski definition) is 1. The molecule has 0 spiro atoms. The standard InChI is InChI=1S/C6H7F3N2S/c1-4-3-5(6(7,8)9)11(10-4)12-2/h3H,1-2H3/p+1. The summed E-state index contributed by atoms with van der Waals surface area (Å²) in [6.07, 6.45) is -2.71. The van der Waals surface area contributed by atoms with Crippen molar-refractivity contribution in [2.75, 3.05) is 6.26 Å². The molecule has 0 aliphatic rings. The number of rotatable bonds is 1. The highest BCUT2D eigenvalue weighted by atomic mass is 32.2. The second-order valence-corrected chi connectivity index (χ2v) is 3.03. The van der Waals surface area contributed by atoms with Gasteiger partial charge in [0, 0.05) is 6.07 Å². The first kappa shape index (κ1) is 9.44. The largest absolute Gasteiger partial charge is 0.481 e. The molecule has 1 heterocycles. The summed E-state index contributed by atoms with van der Waals surface area (Å²) < 4.78 is 37.6. The number of aromatic amines is 1. The third-order valence-electron chi connectivity index (χ3n) is 1.32. The summed E-state index contributed by atoms with van der Waals surface area (Å²) in [7, 11) is 0. The van der Waals surface area contributed by atoms with E-state index in [1.54, 1.807) is 13.2 Å². The molecule has 1 N–H and O–H groups in total. The predicted molar refractivity (Wildman–Crippen MR) is 39.6 cm³/mol. The molecule has 0 bridgehead atoms. The van der Waals surface area contributed by atoms with Gasteiger partial charge >= 0.3 is 11.9 Å². The van der Waals surface area contributed by atoms with Crippen LogP contribution in [-0.2, 0) is 6.18 Å². The van der Waals surface area contributed by atoms with E-state index in [9.17, 15) is 13.2 Å². The van der Waals surface area contributed by atoms with Gasteiger partial charge in [0.1, 0.15) is 0 Å². The van der Waals surface area contributed by atoms with E-state index in [-0.39, 0.29) is 0 Å². The molecular formula is C6H8F3N2S+. The molecule has 0 fully saturated rings. The maximum atomic E-state index is 12.2. The molecule has 6 heteroatoms. The lowest BCUT2D eigenvalue weighted by atomic mass is 10.4. The Morgan fingerprint density at radius 3 is 2.42 bits per heavy atom. The molecule has 0 atom stereocenters. The average Bonchev–Trinajstić information content (AvgIpc) is 2.29. The number of aryl methyl sites for hydroxylation is 1. The third kappa shape index (κ3) is 1.74. The molecule has 0 aliphatic heterocycles. The van der Waals surface area contributed by atoms with Gasteiger partial charge in [0.05, 0.1) is 11.9 Å². The Kier molecular flexibility index (Phi) is 2.36. The molecular weight excluding hydrogens is 189 g/mol. The zero-order valence-corrected chi connectivity index (χ0v) is 7.38. The highest BCUT2D eigenvalue weighted by Gasteiger charge is 2.43. The molecule has 0 aromatic carbocycles. The summed E-state index contributed by atoms with van der Waals surface area (Å²) in [6.45, 7) is 1.59. The summed E-state index contributed by atoms with van der Waals surface area (Å²) >= 11 is 0.984. The first-order valence-electron chi connectivity index (χ1n) is 3.18. The van der Waals surface area contributed by atoms with Gasteiger partial charge in [-0.2, -0.15) is 18.3 Å². The fourth-order valence-corrected chi connectivity index (χ4v) is 1.45. The van der Waals surface area contributed by atoms with Gasteiger partial charge in [-0.3, -0.25) is 0 Å². The molecule has 68 valence electrons. The van der Waals surface area contributed by atoms with E-state index < -0.39 is 11.9 Å². The number of alkyl halides is 3. The van der Waals surface area contributed by atoms with Crippen LogP contribution in [0.25, 0.3) is 0 Å². The number of nitrogens with zero attached hydrogens (tertiary/aromatic N) is 1. The smallest absolute Gasteiger partial charge is 0.161 e. The van der Waals surface area contributed by atoms with Crippen LogP contribution in [0.1, 0.15) is 11.4 Å². The molecule has 0 saturated carbocycles. The SMILES string of the molecule is CS[n+]1[nH]c(C)cc1C(F)(F)F. The van der Waals surface area contributed by atoms with Crippen LogP contribution in [0.5, 0.6) is 0 Å². The summed E-state index contributed by atoms with van der Waals surface area (Å²) in [5.41, 5.74) is -0.163. The molecule has 1 aromatic rings. The van der Waals surface area contributed by atoms with Crippen molar-refractivity contribution in [3.63, 3.8) is 0 Å². The average molecular weight is 197 g/mol. The minimum Gasteiger partial charge on any atom is -0.161 e. The first-order valence-corrected chi connectivity index (χ1v) is 4.36. The van der Waals surface area contributed by atoms with Crippen LogP contribution in [0.15, 0.2) is 6.07 Å². The zero-order chi connectivity index (χ0) is 9.35. The van der Waals surface area contributed by atoms with Crippen LogP contribution in [-0.4, -0.2) is 11.4 Å². The third-order valence-corrected chi connectivity index (χ3v) is 1.98. The van der Waals surface area contributed by atoms with Gasteiger partial charge in [0.15, 0.2) is 11.9 Å². The van der Waals surface area contributed by atoms with Crippen molar-refractivity contribution in [2.24, 2.45) is 0 Å². The van der Waals surface area contributed by atoms with Gasteiger partial charge in [0.2, 0.25) is 0 Å². The minimum atomic E-state index is -4.28. The van der Waals surface area contributed by atoms with Crippen LogP contribution >= 0.6 is 11.9 Å². The van der Waals surface area contributed by atoms with Crippen molar-refractivity contribution in [1.29, 1.82) is 0 Å². The highest BCUT2D eigenvalue weighted by Crippen LogP contribution is 2.27. The van der Waals surface area contributed by atoms with Gasteiger partial charge in [0.25, 0.3) is 0 Å². The summed E-state index contributed by atoms with van der Waals surface area (Å²) in [6, 6.07) is 1.08. The summed E-state index contributed by atoms with van der Waals surface area (Å²) in [5, 5.41) is 2.56. The number of H-pyrrole nitrogens is 1. The quantitative estimate of drug-likeness (QED) is 0.680. The molecule has 1 rings (SSSR count). The van der Waals surface area contributed by atoms with Gasteiger partial charge < -0.3 is 0 Å². The zero-order valence-electron chi connectivity index (χ0n) is 6.57. The Balaban J connectivity index is 3.13. The lowest BCUT2D eigenvalue weighted by molar-refractivity contribution is -0.585. The van der Waals surface area contributed by atoms with Gasteiger partial charge in [-0.1, -0.05) is 0 Å². The second kappa shape index (κ2) is 3.01. The Hall–Kier alpha value is -0.650. The molecule has 2 nitrogen and oxygen atoms in total. The lowest BCUT2D eigenvalue weighted by Crippen LogP contribution is -2.35. The van der Waals surface area contributed by atoms with E-state index in [1.165, 1.54) is 0 Å². The molecule has 0 aliphatic carbocycles. The fraction of sp³-hybridized carbons (Fsp3) is 0.500. The summed E-state index contributed by atoms with van der Waals surface area (Å²) in [4.78, 5) is 0. The molecule has 12 heavy (non-hydrogen) atoms. The monoisotopic (exact) mass is 197 g/mol. The number of aromatic nitrogens is 2. The molecule has 0 radical (unpaired) electrons. The summed E-state index contributed by atoms with van der Waals surface area (Å²) in [5.74, 6) is 0. The van der Waals surface area contributed by atoms with Crippen LogP contribution in [0.4, 0.5) is 13.2 Å². The Morgan fingerprint density at radius 1 is 1.50 bits per heavy atom. The molecule has 0 saturated heterocycles. The maximum Gasteiger partial charge on any atom is 0.481 e. The first-order chi connectivity index (χ1) is 5.45. The van der Waals surface area contributed by atoms with Crippen molar-refractivity contribution < 1.29 is 17.3 Å². The van der Waals surface area contributed by atoms with Gasteiger partial charge in [-0.05, 0) is 11.0 Å². The maximum absolute atomic E-state index is 12.2. The van der Waals surface area contributed by atoms with Crippen LogP contribution in [0, 0.1) is 6.92 Å². The second-order valence-electron chi connectivity index (χ2n) is 2.30. The topological polar surface area (TPSA) is 19.7 Å². The minimum absolute atomic E-state index is 0.497. The predicted octanol–water partition coefficient (Wildman–Crippen LogP) is 1.76. The Labute approximate surface area is 71.9 Å². The van der Waals surface area contributed by atoms with E-state index >= 15 is 0 Å². The van der Waals surface area contributed by atoms with E-state index in [0.29, 0.717) is 5.69 Å². The van der Waals surface area contributed by atoms with E-state index in [4.69, 9.17) is 0 Å². The number of halogens is 3. The highest BCUT2D eigenvalue weighted by molar-refractivity contribution is 7.92. The Morgan fingerprint density at radius 2 is 2.08 bits per heavy atom. The van der Waals surface area contributed by atoms with E-state index in [1.807, 2.05) is 0 Å². The number of hydrogen-bond donors (Lipinski definition) is 1. The van der Waals surface area contributed by atoms with Crippen molar-refractivity contribution >= 4 is 11.9 Å².